The summed E-state index contributed by atoms with van der Waals surface area (Å²) in [5, 5.41) is 3.39. The van der Waals surface area contributed by atoms with Gasteiger partial charge in [0.2, 0.25) is 0 Å². The zero-order valence-electron chi connectivity index (χ0n) is 14.3. The lowest BCUT2D eigenvalue weighted by Crippen LogP contribution is -2.19. The minimum Gasteiger partial charge on any atom is -0.493 e. The maximum absolute atomic E-state index is 13.7. The molecule has 0 atom stereocenters. The predicted molar refractivity (Wildman–Crippen MR) is 97.5 cm³/mol. The van der Waals surface area contributed by atoms with E-state index in [0.29, 0.717) is 29.5 Å². The minimum absolute atomic E-state index is 0. The van der Waals surface area contributed by atoms with Gasteiger partial charge in [-0.25, -0.2) is 4.39 Å². The van der Waals surface area contributed by atoms with Crippen LogP contribution in [-0.4, -0.2) is 13.7 Å². The van der Waals surface area contributed by atoms with E-state index in [-0.39, 0.29) is 24.8 Å². The van der Waals surface area contributed by atoms with Crippen molar-refractivity contribution >= 4 is 12.4 Å². The normalized spacial score (nSPS) is 10.4. The lowest BCUT2D eigenvalue weighted by Gasteiger charge is -2.16. The van der Waals surface area contributed by atoms with Crippen LogP contribution in [0.1, 0.15) is 25.0 Å². The highest BCUT2D eigenvalue weighted by Crippen LogP contribution is 2.32. The summed E-state index contributed by atoms with van der Waals surface area (Å²) in [7, 11) is 1.61. The fourth-order valence-electron chi connectivity index (χ4n) is 2.29. The van der Waals surface area contributed by atoms with Crippen molar-refractivity contribution in [1.82, 2.24) is 5.32 Å². The number of nitrogens with one attached hydrogen (secondary N) is 1. The van der Waals surface area contributed by atoms with E-state index in [4.69, 9.17) is 9.47 Å². The Labute approximate surface area is 149 Å². The second-order valence-electron chi connectivity index (χ2n) is 5.85. The van der Waals surface area contributed by atoms with Crippen molar-refractivity contribution < 1.29 is 13.9 Å². The van der Waals surface area contributed by atoms with Crippen molar-refractivity contribution in [1.29, 1.82) is 0 Å². The zero-order valence-corrected chi connectivity index (χ0v) is 15.2. The SMILES string of the molecule is COc1cccc(CNCC(C)C)c1OCc1ccccc1F.Cl. The van der Waals surface area contributed by atoms with Gasteiger partial charge in [0.25, 0.3) is 0 Å². The summed E-state index contributed by atoms with van der Waals surface area (Å²) in [6.07, 6.45) is 0. The average Bonchev–Trinajstić information content (AvgIpc) is 2.54. The molecule has 0 amide bonds. The number of ether oxygens (including phenoxy) is 2. The number of hydrogen-bond donors (Lipinski definition) is 1. The van der Waals surface area contributed by atoms with Crippen LogP contribution in [-0.2, 0) is 13.2 Å². The molecule has 0 heterocycles. The molecule has 0 radical (unpaired) electrons. The van der Waals surface area contributed by atoms with Crippen LogP contribution in [0.2, 0.25) is 0 Å². The molecule has 0 aliphatic carbocycles. The van der Waals surface area contributed by atoms with Crippen LogP contribution in [0.15, 0.2) is 42.5 Å². The number of halogens is 2. The standard InChI is InChI=1S/C19H24FNO2.ClH/c1-14(2)11-21-12-15-8-6-10-18(22-3)19(15)23-13-16-7-4-5-9-17(16)20;/h4-10,14,21H,11-13H2,1-3H3;1H. The van der Waals surface area contributed by atoms with Gasteiger partial charge in [-0.05, 0) is 24.6 Å². The molecule has 5 heteroatoms. The first-order chi connectivity index (χ1) is 11.1. The third kappa shape index (κ3) is 5.69. The van der Waals surface area contributed by atoms with Gasteiger partial charge in [0, 0.05) is 17.7 Å². The fourth-order valence-corrected chi connectivity index (χ4v) is 2.29. The monoisotopic (exact) mass is 353 g/mol. The van der Waals surface area contributed by atoms with Crippen LogP contribution in [0.3, 0.4) is 0 Å². The van der Waals surface area contributed by atoms with Gasteiger partial charge in [-0.15, -0.1) is 12.4 Å². The van der Waals surface area contributed by atoms with Crippen molar-refractivity contribution in [2.45, 2.75) is 27.0 Å². The molecule has 0 unspecified atom stereocenters. The van der Waals surface area contributed by atoms with Crippen LogP contribution in [0.4, 0.5) is 4.39 Å². The van der Waals surface area contributed by atoms with Crippen LogP contribution >= 0.6 is 12.4 Å². The second kappa shape index (κ2) is 10.2. The predicted octanol–water partition coefficient (Wildman–Crippen LogP) is 4.58. The molecular weight excluding hydrogens is 329 g/mol. The first kappa shape index (κ1) is 20.3. The van der Waals surface area contributed by atoms with Crippen LogP contribution in [0.25, 0.3) is 0 Å². The van der Waals surface area contributed by atoms with E-state index < -0.39 is 0 Å². The van der Waals surface area contributed by atoms with Gasteiger partial charge in [-0.3, -0.25) is 0 Å². The molecule has 0 bridgehead atoms. The lowest BCUT2D eigenvalue weighted by molar-refractivity contribution is 0.276. The van der Waals surface area contributed by atoms with Gasteiger partial charge in [-0.1, -0.05) is 44.2 Å². The molecule has 0 aliphatic rings. The lowest BCUT2D eigenvalue weighted by atomic mass is 10.1. The molecule has 0 aliphatic heterocycles. The Hall–Kier alpha value is -1.78. The van der Waals surface area contributed by atoms with Gasteiger partial charge >= 0.3 is 0 Å². The van der Waals surface area contributed by atoms with Gasteiger partial charge in [-0.2, -0.15) is 0 Å². The Balaban J connectivity index is 0.00000288. The highest BCUT2D eigenvalue weighted by atomic mass is 35.5. The Morgan fingerprint density at radius 1 is 1.04 bits per heavy atom. The number of para-hydroxylation sites is 1. The fraction of sp³-hybridized carbons (Fsp3) is 0.368. The van der Waals surface area contributed by atoms with E-state index in [0.717, 1.165) is 12.1 Å². The van der Waals surface area contributed by atoms with Gasteiger partial charge < -0.3 is 14.8 Å². The third-order valence-corrected chi connectivity index (χ3v) is 3.48. The Morgan fingerprint density at radius 3 is 2.42 bits per heavy atom. The van der Waals surface area contributed by atoms with Gasteiger partial charge in [0.1, 0.15) is 12.4 Å². The summed E-state index contributed by atoms with van der Waals surface area (Å²) in [4.78, 5) is 0. The highest BCUT2D eigenvalue weighted by Gasteiger charge is 2.12. The number of methoxy groups -OCH3 is 1. The first-order valence-corrected chi connectivity index (χ1v) is 7.84. The van der Waals surface area contributed by atoms with Gasteiger partial charge in [0.15, 0.2) is 11.5 Å². The van der Waals surface area contributed by atoms with Crippen molar-refractivity contribution in [2.24, 2.45) is 5.92 Å². The van der Waals surface area contributed by atoms with Crippen molar-refractivity contribution in [3.63, 3.8) is 0 Å². The zero-order chi connectivity index (χ0) is 16.7. The number of benzene rings is 2. The van der Waals surface area contributed by atoms with Crippen molar-refractivity contribution in [3.8, 4) is 11.5 Å². The van der Waals surface area contributed by atoms with E-state index >= 15 is 0 Å². The quantitative estimate of drug-likeness (QED) is 0.753. The molecule has 2 aromatic rings. The second-order valence-corrected chi connectivity index (χ2v) is 5.85. The summed E-state index contributed by atoms with van der Waals surface area (Å²) in [5.74, 6) is 1.63. The first-order valence-electron chi connectivity index (χ1n) is 7.84. The molecule has 2 rings (SSSR count). The van der Waals surface area contributed by atoms with E-state index in [2.05, 4.69) is 19.2 Å². The maximum Gasteiger partial charge on any atom is 0.166 e. The van der Waals surface area contributed by atoms with E-state index in [1.165, 1.54) is 6.07 Å². The van der Waals surface area contributed by atoms with Gasteiger partial charge in [0.05, 0.1) is 7.11 Å². The smallest absolute Gasteiger partial charge is 0.166 e. The van der Waals surface area contributed by atoms with Crippen LogP contribution in [0.5, 0.6) is 11.5 Å². The highest BCUT2D eigenvalue weighted by molar-refractivity contribution is 5.85. The van der Waals surface area contributed by atoms with Crippen LogP contribution < -0.4 is 14.8 Å². The summed E-state index contributed by atoms with van der Waals surface area (Å²) >= 11 is 0. The summed E-state index contributed by atoms with van der Waals surface area (Å²) < 4.78 is 25.0. The molecule has 0 fully saturated rings. The molecule has 3 nitrogen and oxygen atoms in total. The molecule has 0 spiro atoms. The van der Waals surface area contributed by atoms with Crippen LogP contribution in [0, 0.1) is 11.7 Å². The molecule has 0 saturated carbocycles. The Bertz CT molecular complexity index is 635. The molecule has 0 aromatic heterocycles. The number of hydrogen-bond acceptors (Lipinski definition) is 3. The molecule has 1 N–H and O–H groups in total. The maximum atomic E-state index is 13.7. The molecular formula is C19H25ClFNO2. The Morgan fingerprint density at radius 2 is 1.75 bits per heavy atom. The van der Waals surface area contributed by atoms with E-state index in [9.17, 15) is 4.39 Å². The number of rotatable bonds is 8. The molecule has 2 aromatic carbocycles. The summed E-state index contributed by atoms with van der Waals surface area (Å²) in [5.41, 5.74) is 1.53. The van der Waals surface area contributed by atoms with Crippen molar-refractivity contribution in [3.05, 3.63) is 59.4 Å². The average molecular weight is 354 g/mol. The topological polar surface area (TPSA) is 30.5 Å². The summed E-state index contributed by atoms with van der Waals surface area (Å²) in [6.45, 7) is 6.10. The summed E-state index contributed by atoms with van der Waals surface area (Å²) in [6, 6.07) is 12.4. The molecule has 132 valence electrons. The minimum atomic E-state index is -0.262. The third-order valence-electron chi connectivity index (χ3n) is 3.48. The Kier molecular flexibility index (Phi) is 8.58. The molecule has 0 saturated heterocycles. The molecule has 24 heavy (non-hydrogen) atoms. The van der Waals surface area contributed by atoms with Crippen molar-refractivity contribution in [2.75, 3.05) is 13.7 Å². The largest absolute Gasteiger partial charge is 0.493 e. The van der Waals surface area contributed by atoms with E-state index in [1.54, 1.807) is 25.3 Å². The van der Waals surface area contributed by atoms with E-state index in [1.807, 2.05) is 18.2 Å².